The molecule has 2 aromatic rings. The lowest BCUT2D eigenvalue weighted by Crippen LogP contribution is -2.48. The van der Waals surface area contributed by atoms with Gasteiger partial charge in [-0.15, -0.1) is 0 Å². The largest absolute Gasteiger partial charge is 0.444 e. The Balaban J connectivity index is 1.74. The van der Waals surface area contributed by atoms with E-state index in [9.17, 15) is 14.4 Å². The zero-order valence-corrected chi connectivity index (χ0v) is 23.8. The summed E-state index contributed by atoms with van der Waals surface area (Å²) in [7, 11) is 3.23. The number of carbonyl (C=O) groups is 3. The molecule has 1 fully saturated rings. The predicted octanol–water partition coefficient (Wildman–Crippen LogP) is 4.29. The highest BCUT2D eigenvalue weighted by molar-refractivity contribution is 6.30. The van der Waals surface area contributed by atoms with Gasteiger partial charge in [0.15, 0.2) is 0 Å². The van der Waals surface area contributed by atoms with Crippen LogP contribution in [0.5, 0.6) is 0 Å². The molecule has 1 saturated heterocycles. The van der Waals surface area contributed by atoms with E-state index in [4.69, 9.17) is 16.3 Å². The first kappa shape index (κ1) is 29.5. The van der Waals surface area contributed by atoms with Crippen molar-refractivity contribution < 1.29 is 19.1 Å². The van der Waals surface area contributed by atoms with Crippen LogP contribution in [0.15, 0.2) is 54.6 Å². The molecule has 38 heavy (non-hydrogen) atoms. The fourth-order valence-corrected chi connectivity index (χ4v) is 4.54. The normalized spacial score (nSPS) is 15.4. The lowest BCUT2D eigenvalue weighted by Gasteiger charge is -2.32. The minimum absolute atomic E-state index is 0.0273. The maximum atomic E-state index is 13.4. The number of hydrogen-bond acceptors (Lipinski definition) is 5. The first-order chi connectivity index (χ1) is 17.9. The van der Waals surface area contributed by atoms with Crippen LogP contribution in [-0.4, -0.2) is 96.5 Å². The molecule has 1 unspecified atom stereocenters. The number of benzene rings is 2. The fourth-order valence-electron chi connectivity index (χ4n) is 4.42. The van der Waals surface area contributed by atoms with Crippen molar-refractivity contribution in [3.05, 3.63) is 70.7 Å². The van der Waals surface area contributed by atoms with Crippen molar-refractivity contribution in [1.29, 1.82) is 0 Å². The lowest BCUT2D eigenvalue weighted by molar-refractivity contribution is -0.134. The second kappa shape index (κ2) is 13.1. The second-order valence-electron chi connectivity index (χ2n) is 10.8. The van der Waals surface area contributed by atoms with Crippen LogP contribution in [0, 0.1) is 0 Å². The third-order valence-electron chi connectivity index (χ3n) is 6.35. The van der Waals surface area contributed by atoms with Crippen LogP contribution in [0.4, 0.5) is 4.79 Å². The lowest BCUT2D eigenvalue weighted by atomic mass is 9.97. The van der Waals surface area contributed by atoms with Crippen LogP contribution in [-0.2, 0) is 14.3 Å². The van der Waals surface area contributed by atoms with Gasteiger partial charge in [-0.05, 0) is 50.5 Å². The summed E-state index contributed by atoms with van der Waals surface area (Å²) >= 11 is 6.16. The fraction of sp³-hybridized carbons (Fsp3) is 0.483. The molecule has 0 spiro atoms. The van der Waals surface area contributed by atoms with E-state index in [0.717, 1.165) is 18.5 Å². The Hall–Kier alpha value is -3.10. The molecule has 3 rings (SSSR count). The quantitative estimate of drug-likeness (QED) is 0.522. The molecule has 2 aromatic carbocycles. The van der Waals surface area contributed by atoms with E-state index in [2.05, 4.69) is 17.0 Å². The molecule has 0 aliphatic carbocycles. The topological polar surface area (TPSA) is 73.4 Å². The van der Waals surface area contributed by atoms with Crippen molar-refractivity contribution in [3.8, 4) is 0 Å². The Kier molecular flexibility index (Phi) is 10.2. The molecule has 0 N–H and O–H groups in total. The predicted molar refractivity (Wildman–Crippen MR) is 149 cm³/mol. The highest BCUT2D eigenvalue weighted by Crippen LogP contribution is 2.30. The molecular weight excluding hydrogens is 504 g/mol. The van der Waals surface area contributed by atoms with Gasteiger partial charge in [0.1, 0.15) is 18.7 Å². The molecular formula is C29H39ClN4O4. The molecule has 1 aliphatic heterocycles. The minimum Gasteiger partial charge on any atom is -0.444 e. The zero-order chi connectivity index (χ0) is 27.9. The second-order valence-corrected chi connectivity index (χ2v) is 11.2. The SMILES string of the molecule is CN(C)C(=O)CN(CC(=O)N1CCCN(C(c2ccccc2)c2ccc(Cl)cc2)CC1)C(=O)OC(C)(C)C. The smallest absolute Gasteiger partial charge is 0.411 e. The summed E-state index contributed by atoms with van der Waals surface area (Å²) in [4.78, 5) is 45.3. The van der Waals surface area contributed by atoms with Crippen LogP contribution >= 0.6 is 11.6 Å². The average Bonchev–Trinajstić information content (AvgIpc) is 3.11. The number of rotatable bonds is 7. The molecule has 3 amide bonds. The third-order valence-corrected chi connectivity index (χ3v) is 6.60. The first-order valence-corrected chi connectivity index (χ1v) is 13.3. The molecule has 0 saturated carbocycles. The number of nitrogens with zero attached hydrogens (tertiary/aromatic N) is 4. The number of likely N-dealkylation sites (N-methyl/N-ethyl adjacent to an activating group) is 1. The van der Waals surface area contributed by atoms with E-state index in [1.54, 1.807) is 39.8 Å². The molecule has 8 nitrogen and oxygen atoms in total. The summed E-state index contributed by atoms with van der Waals surface area (Å²) in [5.41, 5.74) is 1.57. The summed E-state index contributed by atoms with van der Waals surface area (Å²) in [5, 5.41) is 0.690. The van der Waals surface area contributed by atoms with E-state index in [1.165, 1.54) is 15.4 Å². The number of carbonyl (C=O) groups excluding carboxylic acids is 3. The number of hydrogen-bond donors (Lipinski definition) is 0. The van der Waals surface area contributed by atoms with Crippen molar-refractivity contribution in [2.45, 2.75) is 38.8 Å². The third kappa shape index (κ3) is 8.46. The molecule has 0 radical (unpaired) electrons. The summed E-state index contributed by atoms with van der Waals surface area (Å²) in [5.74, 6) is -0.480. The first-order valence-electron chi connectivity index (χ1n) is 12.9. The maximum Gasteiger partial charge on any atom is 0.411 e. The van der Waals surface area contributed by atoms with Crippen LogP contribution in [0.2, 0.25) is 5.02 Å². The zero-order valence-electron chi connectivity index (χ0n) is 23.0. The van der Waals surface area contributed by atoms with Gasteiger partial charge in [0.05, 0.1) is 6.04 Å². The van der Waals surface area contributed by atoms with Gasteiger partial charge in [-0.3, -0.25) is 19.4 Å². The van der Waals surface area contributed by atoms with E-state index in [1.807, 2.05) is 42.5 Å². The van der Waals surface area contributed by atoms with Crippen molar-refractivity contribution in [2.24, 2.45) is 0 Å². The Morgan fingerprint density at radius 2 is 1.53 bits per heavy atom. The summed E-state index contributed by atoms with van der Waals surface area (Å²) < 4.78 is 5.48. The summed E-state index contributed by atoms with van der Waals surface area (Å²) in [6.07, 6.45) is 0.107. The number of amides is 3. The highest BCUT2D eigenvalue weighted by Gasteiger charge is 2.30. The van der Waals surface area contributed by atoms with E-state index in [-0.39, 0.29) is 30.9 Å². The molecule has 0 aromatic heterocycles. The van der Waals surface area contributed by atoms with Crippen LogP contribution in [0.3, 0.4) is 0 Å². The average molecular weight is 543 g/mol. The minimum atomic E-state index is -0.739. The Labute approximate surface area is 231 Å². The van der Waals surface area contributed by atoms with Gasteiger partial charge in [0.25, 0.3) is 0 Å². The summed E-state index contributed by atoms with van der Waals surface area (Å²) in [6.45, 7) is 7.39. The van der Waals surface area contributed by atoms with Crippen molar-refractivity contribution >= 4 is 29.5 Å². The van der Waals surface area contributed by atoms with Gasteiger partial charge >= 0.3 is 6.09 Å². The van der Waals surface area contributed by atoms with Crippen molar-refractivity contribution in [1.82, 2.24) is 19.6 Å². The molecule has 0 bridgehead atoms. The Morgan fingerprint density at radius 1 is 0.895 bits per heavy atom. The highest BCUT2D eigenvalue weighted by atomic mass is 35.5. The van der Waals surface area contributed by atoms with Gasteiger partial charge < -0.3 is 14.5 Å². The van der Waals surface area contributed by atoms with Gasteiger partial charge in [0, 0.05) is 45.3 Å². The van der Waals surface area contributed by atoms with Gasteiger partial charge in [-0.2, -0.15) is 0 Å². The molecule has 1 aliphatic rings. The molecule has 9 heteroatoms. The molecule has 206 valence electrons. The van der Waals surface area contributed by atoms with Crippen LogP contribution in [0.1, 0.15) is 44.4 Å². The van der Waals surface area contributed by atoms with Gasteiger partial charge in [-0.25, -0.2) is 4.79 Å². The van der Waals surface area contributed by atoms with Crippen molar-refractivity contribution in [3.63, 3.8) is 0 Å². The molecule has 1 heterocycles. The standard InChI is InChI=1S/C29H39ClN4O4/c1-29(2,3)38-28(37)34(20-25(35)31(4)5)21-26(36)32-16-9-17-33(19-18-32)27(22-10-7-6-8-11-22)23-12-14-24(30)15-13-23/h6-8,10-15,27H,9,16-21H2,1-5H3. The van der Waals surface area contributed by atoms with E-state index in [0.29, 0.717) is 24.7 Å². The van der Waals surface area contributed by atoms with Crippen LogP contribution in [0.25, 0.3) is 0 Å². The number of ether oxygens (including phenoxy) is 1. The Bertz CT molecular complexity index is 1090. The van der Waals surface area contributed by atoms with Crippen molar-refractivity contribution in [2.75, 3.05) is 53.4 Å². The summed E-state index contributed by atoms with van der Waals surface area (Å²) in [6, 6.07) is 18.2. The molecule has 1 atom stereocenters. The monoisotopic (exact) mass is 542 g/mol. The Morgan fingerprint density at radius 3 is 2.13 bits per heavy atom. The van der Waals surface area contributed by atoms with E-state index < -0.39 is 11.7 Å². The van der Waals surface area contributed by atoms with Crippen LogP contribution < -0.4 is 0 Å². The van der Waals surface area contributed by atoms with Gasteiger partial charge in [0.2, 0.25) is 11.8 Å². The number of halogens is 1. The van der Waals surface area contributed by atoms with E-state index >= 15 is 0 Å². The van der Waals surface area contributed by atoms with Gasteiger partial charge in [-0.1, -0.05) is 54.1 Å². The maximum absolute atomic E-state index is 13.4.